The van der Waals surface area contributed by atoms with E-state index in [1.807, 2.05) is 60.9 Å². The average Bonchev–Trinajstić information content (AvgIpc) is 3.52. The lowest BCUT2D eigenvalue weighted by atomic mass is 10.1. The maximum absolute atomic E-state index is 12.3. The Kier molecular flexibility index (Phi) is 5.69. The van der Waals surface area contributed by atoms with Crippen molar-refractivity contribution in [3.8, 4) is 0 Å². The summed E-state index contributed by atoms with van der Waals surface area (Å²) >= 11 is 0. The molecule has 0 radical (unpaired) electrons. The highest BCUT2D eigenvalue weighted by molar-refractivity contribution is 5.99. The minimum absolute atomic E-state index is 0.371. The van der Waals surface area contributed by atoms with Crippen molar-refractivity contribution >= 4 is 46.0 Å². The van der Waals surface area contributed by atoms with Crippen molar-refractivity contribution in [3.63, 3.8) is 0 Å². The van der Waals surface area contributed by atoms with E-state index in [9.17, 15) is 9.59 Å². The number of fused-ring (bicyclic) bond motifs is 2. The van der Waals surface area contributed by atoms with Crippen LogP contribution in [0.15, 0.2) is 95.4 Å². The molecule has 0 aliphatic rings. The largest absolute Gasteiger partial charge is 0.361 e. The molecule has 0 spiro atoms. The van der Waals surface area contributed by atoms with Crippen LogP contribution in [0.2, 0.25) is 0 Å². The molecule has 0 saturated heterocycles. The molecular weight excluding hydrogens is 428 g/mol. The summed E-state index contributed by atoms with van der Waals surface area (Å²) in [6.07, 6.45) is 6.90. The number of hydrazone groups is 2. The van der Waals surface area contributed by atoms with Gasteiger partial charge in [-0.25, -0.2) is 10.9 Å². The van der Waals surface area contributed by atoms with Gasteiger partial charge in [0.15, 0.2) is 0 Å². The van der Waals surface area contributed by atoms with E-state index < -0.39 is 0 Å². The minimum atomic E-state index is -0.371. The van der Waals surface area contributed by atoms with Gasteiger partial charge in [-0.15, -0.1) is 0 Å². The third kappa shape index (κ3) is 4.61. The zero-order chi connectivity index (χ0) is 23.3. The number of carbonyl (C=O) groups excluding carboxylic acids is 2. The molecule has 0 aliphatic heterocycles. The Morgan fingerprint density at radius 1 is 0.618 bits per heavy atom. The number of aromatic amines is 2. The molecule has 0 unspecified atom stereocenters. The van der Waals surface area contributed by atoms with Crippen LogP contribution in [0.5, 0.6) is 0 Å². The number of H-pyrrole nitrogens is 2. The molecule has 8 nitrogen and oxygen atoms in total. The molecule has 5 rings (SSSR count). The molecule has 34 heavy (non-hydrogen) atoms. The molecule has 0 bridgehead atoms. The first-order valence-corrected chi connectivity index (χ1v) is 10.6. The molecule has 2 heterocycles. The SMILES string of the molecule is O=C(N/N=C/c1ccc2[nH]ccc2c1)c1ccc(C(=O)N/N=C/c2ccc3[nH]ccc3c2)cc1. The van der Waals surface area contributed by atoms with E-state index in [0.717, 1.165) is 32.9 Å². The number of benzene rings is 3. The van der Waals surface area contributed by atoms with Crippen LogP contribution in [0.4, 0.5) is 0 Å². The highest BCUT2D eigenvalue weighted by Gasteiger charge is 2.08. The fourth-order valence-electron chi connectivity index (χ4n) is 3.54. The lowest BCUT2D eigenvalue weighted by Crippen LogP contribution is -2.19. The molecule has 0 atom stereocenters. The summed E-state index contributed by atoms with van der Waals surface area (Å²) < 4.78 is 0. The third-order valence-electron chi connectivity index (χ3n) is 5.32. The van der Waals surface area contributed by atoms with Crippen molar-refractivity contribution in [2.75, 3.05) is 0 Å². The fraction of sp³-hybridized carbons (Fsp3) is 0. The lowest BCUT2D eigenvalue weighted by molar-refractivity contribution is 0.0943. The molecule has 2 amide bonds. The molecule has 0 saturated carbocycles. The summed E-state index contributed by atoms with van der Waals surface area (Å²) in [5, 5.41) is 10.2. The molecular formula is C26H20N6O2. The molecule has 8 heteroatoms. The van der Waals surface area contributed by atoms with E-state index >= 15 is 0 Å². The minimum Gasteiger partial charge on any atom is -0.361 e. The quantitative estimate of drug-likeness (QED) is 0.231. The Labute approximate surface area is 194 Å². The van der Waals surface area contributed by atoms with Gasteiger partial charge in [-0.1, -0.05) is 12.1 Å². The van der Waals surface area contributed by atoms with Crippen LogP contribution in [-0.2, 0) is 0 Å². The molecule has 0 fully saturated rings. The number of carbonyl (C=O) groups is 2. The first kappa shape index (κ1) is 20.9. The van der Waals surface area contributed by atoms with Gasteiger partial charge < -0.3 is 9.97 Å². The highest BCUT2D eigenvalue weighted by atomic mass is 16.2. The average molecular weight is 448 g/mol. The Balaban J connectivity index is 1.16. The zero-order valence-corrected chi connectivity index (χ0v) is 17.9. The van der Waals surface area contributed by atoms with Crippen molar-refractivity contribution in [2.24, 2.45) is 10.2 Å². The maximum atomic E-state index is 12.3. The monoisotopic (exact) mass is 448 g/mol. The predicted octanol–water partition coefficient (Wildman–Crippen LogP) is 4.18. The van der Waals surface area contributed by atoms with Crippen molar-refractivity contribution < 1.29 is 9.59 Å². The molecule has 2 aromatic heterocycles. The van der Waals surface area contributed by atoms with E-state index in [4.69, 9.17) is 0 Å². The summed E-state index contributed by atoms with van der Waals surface area (Å²) in [4.78, 5) is 30.9. The number of amides is 2. The zero-order valence-electron chi connectivity index (χ0n) is 17.9. The predicted molar refractivity (Wildman–Crippen MR) is 133 cm³/mol. The van der Waals surface area contributed by atoms with E-state index in [1.165, 1.54) is 0 Å². The van der Waals surface area contributed by atoms with Crippen LogP contribution in [0.3, 0.4) is 0 Å². The van der Waals surface area contributed by atoms with Gasteiger partial charge in [-0.05, 0) is 82.6 Å². The number of nitrogens with zero attached hydrogens (tertiary/aromatic N) is 2. The van der Waals surface area contributed by atoms with Crippen LogP contribution in [0, 0.1) is 0 Å². The van der Waals surface area contributed by atoms with Crippen LogP contribution in [-0.4, -0.2) is 34.2 Å². The van der Waals surface area contributed by atoms with Crippen LogP contribution in [0.1, 0.15) is 31.8 Å². The molecule has 5 aromatic rings. The number of hydrogen-bond acceptors (Lipinski definition) is 4. The van der Waals surface area contributed by atoms with Gasteiger partial charge in [-0.3, -0.25) is 9.59 Å². The number of rotatable bonds is 6. The summed E-state index contributed by atoms with van der Waals surface area (Å²) in [6.45, 7) is 0. The van der Waals surface area contributed by atoms with Crippen LogP contribution >= 0.6 is 0 Å². The third-order valence-corrected chi connectivity index (χ3v) is 5.32. The van der Waals surface area contributed by atoms with Gasteiger partial charge in [0.1, 0.15) is 0 Å². The molecule has 166 valence electrons. The normalized spacial score (nSPS) is 11.5. The van der Waals surface area contributed by atoms with Crippen LogP contribution in [0.25, 0.3) is 21.8 Å². The standard InChI is InChI=1S/C26H20N6O2/c33-25(31-29-15-17-1-7-23-21(13-17)9-11-27-23)19-3-5-20(6-4-19)26(34)32-30-16-18-2-8-24-22(14-18)10-12-28-24/h1-16,27-28H,(H,31,33)(H,32,34)/b29-15+,30-16+. The van der Waals surface area contributed by atoms with Gasteiger partial charge in [-0.2, -0.15) is 10.2 Å². The second kappa shape index (κ2) is 9.25. The highest BCUT2D eigenvalue weighted by Crippen LogP contribution is 2.14. The van der Waals surface area contributed by atoms with Gasteiger partial charge >= 0.3 is 0 Å². The second-order valence-electron chi connectivity index (χ2n) is 7.62. The van der Waals surface area contributed by atoms with Gasteiger partial charge in [0.05, 0.1) is 12.4 Å². The Morgan fingerprint density at radius 3 is 1.50 bits per heavy atom. The Morgan fingerprint density at radius 2 is 1.06 bits per heavy atom. The summed E-state index contributed by atoms with van der Waals surface area (Å²) in [6, 6.07) is 21.8. The van der Waals surface area contributed by atoms with E-state index in [1.54, 1.807) is 36.7 Å². The van der Waals surface area contributed by atoms with Crippen molar-refractivity contribution in [3.05, 3.63) is 107 Å². The van der Waals surface area contributed by atoms with E-state index in [-0.39, 0.29) is 11.8 Å². The van der Waals surface area contributed by atoms with E-state index in [2.05, 4.69) is 31.0 Å². The molecule has 0 aliphatic carbocycles. The van der Waals surface area contributed by atoms with Crippen molar-refractivity contribution in [1.29, 1.82) is 0 Å². The van der Waals surface area contributed by atoms with Gasteiger partial charge in [0.25, 0.3) is 11.8 Å². The molecule has 4 N–H and O–H groups in total. The number of hydrogen-bond donors (Lipinski definition) is 4. The second-order valence-corrected chi connectivity index (χ2v) is 7.62. The molecule has 3 aromatic carbocycles. The van der Waals surface area contributed by atoms with Crippen molar-refractivity contribution in [1.82, 2.24) is 20.8 Å². The number of nitrogens with one attached hydrogen (secondary N) is 4. The first-order chi connectivity index (χ1) is 16.7. The maximum Gasteiger partial charge on any atom is 0.271 e. The van der Waals surface area contributed by atoms with Gasteiger partial charge in [0.2, 0.25) is 0 Å². The topological polar surface area (TPSA) is 114 Å². The first-order valence-electron chi connectivity index (χ1n) is 10.6. The Hall–Kier alpha value is -4.98. The number of aromatic nitrogens is 2. The summed E-state index contributed by atoms with van der Waals surface area (Å²) in [5.41, 5.74) is 9.58. The summed E-state index contributed by atoms with van der Waals surface area (Å²) in [7, 11) is 0. The van der Waals surface area contributed by atoms with Crippen molar-refractivity contribution in [2.45, 2.75) is 0 Å². The summed E-state index contributed by atoms with van der Waals surface area (Å²) in [5.74, 6) is -0.742. The van der Waals surface area contributed by atoms with Crippen LogP contribution < -0.4 is 10.9 Å². The van der Waals surface area contributed by atoms with E-state index in [0.29, 0.717) is 11.1 Å². The Bertz CT molecular complexity index is 1430. The fourth-order valence-corrected chi connectivity index (χ4v) is 3.54. The smallest absolute Gasteiger partial charge is 0.271 e. The van der Waals surface area contributed by atoms with Gasteiger partial charge in [0, 0.05) is 34.6 Å². The lowest BCUT2D eigenvalue weighted by Gasteiger charge is -2.03.